The van der Waals surface area contributed by atoms with Crippen molar-refractivity contribution in [1.82, 2.24) is 0 Å². The van der Waals surface area contributed by atoms with Crippen molar-refractivity contribution in [3.8, 4) is 0 Å². The Hall–Kier alpha value is -0.521. The summed E-state index contributed by atoms with van der Waals surface area (Å²) in [6, 6.07) is 10.3. The summed E-state index contributed by atoms with van der Waals surface area (Å²) in [4.78, 5) is 0.810. The third-order valence-corrected chi connectivity index (χ3v) is 3.62. The van der Waals surface area contributed by atoms with Crippen molar-refractivity contribution in [1.29, 1.82) is 0 Å². The summed E-state index contributed by atoms with van der Waals surface area (Å²) in [5.74, 6) is 0. The van der Waals surface area contributed by atoms with Gasteiger partial charge in [-0.15, -0.1) is 0 Å². The predicted molar refractivity (Wildman–Crippen MR) is 65.1 cm³/mol. The normalized spacial score (nSPS) is 12.6. The van der Waals surface area contributed by atoms with Crippen molar-refractivity contribution in [2.75, 3.05) is 0 Å². The van der Waals surface area contributed by atoms with Gasteiger partial charge in [-0.2, -0.15) is 0 Å². The molecule has 0 atom stereocenters. The molecule has 0 unspecified atom stereocenters. The number of allylic oxidation sites excluding steroid dienone is 1. The van der Waals surface area contributed by atoms with Crippen LogP contribution in [0.4, 0.5) is 0 Å². The van der Waals surface area contributed by atoms with Crippen molar-refractivity contribution in [2.24, 2.45) is 0 Å². The van der Waals surface area contributed by atoms with Gasteiger partial charge in [-0.1, -0.05) is 0 Å². The van der Waals surface area contributed by atoms with Gasteiger partial charge < -0.3 is 0 Å². The van der Waals surface area contributed by atoms with Crippen molar-refractivity contribution in [3.05, 3.63) is 41.4 Å². The number of benzene rings is 1. The number of rotatable bonds is 6. The van der Waals surface area contributed by atoms with Gasteiger partial charge in [0.25, 0.3) is 0 Å². The van der Waals surface area contributed by atoms with E-state index in [-0.39, 0.29) is 15.0 Å². The minimum absolute atomic E-state index is 0.202. The topological polar surface area (TPSA) is 0 Å². The second-order valence-electron chi connectivity index (χ2n) is 3.23. The second-order valence-corrected chi connectivity index (χ2v) is 5.14. The fourth-order valence-electron chi connectivity index (χ4n) is 1.15. The van der Waals surface area contributed by atoms with Gasteiger partial charge in [0.2, 0.25) is 0 Å². The van der Waals surface area contributed by atoms with Crippen LogP contribution in [0.25, 0.3) is 0 Å². The predicted octanol–water partition coefficient (Wildman–Crippen LogP) is 3.11. The molecule has 1 aromatic rings. The molecular weight excluding hydrogens is 235 g/mol. The molecule has 0 fully saturated rings. The Kier molecular flexibility index (Phi) is 5.61. The van der Waals surface area contributed by atoms with Gasteiger partial charge >= 0.3 is 94.8 Å². The molecule has 1 heteroatoms. The SMILES string of the molecule is [2H]/C(=C\CCCCC)[Se]c1ccccc1. The summed E-state index contributed by atoms with van der Waals surface area (Å²) < 4.78 is 9.13. The molecule has 0 radical (unpaired) electrons. The van der Waals surface area contributed by atoms with Crippen LogP contribution in [0.1, 0.15) is 34.0 Å². The zero-order chi connectivity index (χ0) is 10.9. The molecule has 14 heavy (non-hydrogen) atoms. The van der Waals surface area contributed by atoms with E-state index in [1.54, 1.807) is 0 Å². The Labute approximate surface area is 95.0 Å². The number of hydrogen-bond acceptors (Lipinski definition) is 0. The molecule has 0 bridgehead atoms. The van der Waals surface area contributed by atoms with E-state index in [0.717, 1.165) is 11.4 Å². The van der Waals surface area contributed by atoms with Crippen molar-refractivity contribution in [3.63, 3.8) is 0 Å². The molecule has 0 aliphatic carbocycles. The van der Waals surface area contributed by atoms with Crippen LogP contribution < -0.4 is 4.46 Å². The van der Waals surface area contributed by atoms with Gasteiger partial charge in [-0.05, 0) is 0 Å². The molecule has 0 aliphatic rings. The van der Waals surface area contributed by atoms with Crippen molar-refractivity contribution >= 4 is 19.4 Å². The molecule has 76 valence electrons. The Balaban J connectivity index is 2.32. The van der Waals surface area contributed by atoms with Crippen LogP contribution in [0.3, 0.4) is 0 Å². The number of unbranched alkanes of at least 4 members (excludes halogenated alkanes) is 3. The van der Waals surface area contributed by atoms with E-state index in [2.05, 4.69) is 25.1 Å². The zero-order valence-corrected chi connectivity index (χ0v) is 10.4. The molecule has 0 amide bonds. The molecule has 1 rings (SSSR count). The van der Waals surface area contributed by atoms with Gasteiger partial charge in [-0.3, -0.25) is 0 Å². The average molecular weight is 254 g/mol. The molecule has 0 N–H and O–H groups in total. The zero-order valence-electron chi connectivity index (χ0n) is 9.70. The first-order valence-electron chi connectivity index (χ1n) is 5.72. The first kappa shape index (κ1) is 10.0. The summed E-state index contributed by atoms with van der Waals surface area (Å²) in [6.07, 6.45) is 6.92. The van der Waals surface area contributed by atoms with E-state index in [1.165, 1.54) is 23.7 Å². The van der Waals surface area contributed by atoms with E-state index >= 15 is 0 Å². The van der Waals surface area contributed by atoms with Gasteiger partial charge in [0.05, 0.1) is 0 Å². The summed E-state index contributed by atoms with van der Waals surface area (Å²) >= 11 is 0.202. The fraction of sp³-hybridized carbons (Fsp3) is 0.385. The van der Waals surface area contributed by atoms with Crippen LogP contribution in [-0.4, -0.2) is 15.0 Å². The van der Waals surface area contributed by atoms with E-state index in [9.17, 15) is 0 Å². The van der Waals surface area contributed by atoms with E-state index in [0.29, 0.717) is 0 Å². The molecular formula is C13H18Se. The Morgan fingerprint density at radius 1 is 1.29 bits per heavy atom. The number of hydrogen-bond donors (Lipinski definition) is 0. The summed E-state index contributed by atoms with van der Waals surface area (Å²) in [5.41, 5.74) is 0. The monoisotopic (exact) mass is 255 g/mol. The first-order valence-corrected chi connectivity index (χ1v) is 6.94. The molecule has 0 heterocycles. The minimum atomic E-state index is 0.202. The third-order valence-electron chi connectivity index (χ3n) is 1.96. The summed E-state index contributed by atoms with van der Waals surface area (Å²) in [6.45, 7) is 2.21. The van der Waals surface area contributed by atoms with Crippen molar-refractivity contribution < 1.29 is 1.37 Å². The van der Waals surface area contributed by atoms with E-state index < -0.39 is 0 Å². The van der Waals surface area contributed by atoms with Crippen LogP contribution in [0.5, 0.6) is 0 Å². The van der Waals surface area contributed by atoms with Gasteiger partial charge in [0.15, 0.2) is 0 Å². The molecule has 0 aliphatic heterocycles. The molecule has 1 aromatic carbocycles. The maximum atomic E-state index is 7.83. The maximum absolute atomic E-state index is 7.83. The standard InChI is InChI=1S/C13H18Se/c1-2-3-4-5-9-12-14-13-10-7-6-8-11-13/h6-12H,2-5H2,1H3/b12-9+/i12D. The van der Waals surface area contributed by atoms with E-state index in [1.807, 2.05) is 18.2 Å². The second kappa shape index (κ2) is 7.84. The third kappa shape index (κ3) is 5.26. The van der Waals surface area contributed by atoms with Crippen LogP contribution in [0.2, 0.25) is 0 Å². The fourth-order valence-corrected chi connectivity index (χ4v) is 2.48. The molecule has 0 aromatic heterocycles. The molecule has 0 saturated carbocycles. The molecule has 0 nitrogen and oxygen atoms in total. The quantitative estimate of drug-likeness (QED) is 0.540. The van der Waals surface area contributed by atoms with Gasteiger partial charge in [-0.25, -0.2) is 0 Å². The van der Waals surface area contributed by atoms with Gasteiger partial charge in [0.1, 0.15) is 0 Å². The Bertz CT molecular complexity index is 293. The first-order chi connectivity index (χ1) is 7.33. The summed E-state index contributed by atoms with van der Waals surface area (Å²) in [5, 5.41) is 0. The van der Waals surface area contributed by atoms with Crippen LogP contribution in [0.15, 0.2) is 41.4 Å². The Morgan fingerprint density at radius 3 is 2.79 bits per heavy atom. The Morgan fingerprint density at radius 2 is 2.07 bits per heavy atom. The van der Waals surface area contributed by atoms with Crippen LogP contribution in [0, 0.1) is 0 Å². The van der Waals surface area contributed by atoms with Gasteiger partial charge in [0, 0.05) is 0 Å². The molecule has 0 saturated heterocycles. The van der Waals surface area contributed by atoms with E-state index in [4.69, 9.17) is 1.37 Å². The van der Waals surface area contributed by atoms with Crippen LogP contribution >= 0.6 is 0 Å². The van der Waals surface area contributed by atoms with Crippen molar-refractivity contribution in [2.45, 2.75) is 32.6 Å². The summed E-state index contributed by atoms with van der Waals surface area (Å²) in [7, 11) is 0. The van der Waals surface area contributed by atoms with Crippen LogP contribution in [-0.2, 0) is 0 Å². The molecule has 0 spiro atoms. The average Bonchev–Trinajstić information content (AvgIpc) is 2.26.